The van der Waals surface area contributed by atoms with Crippen molar-refractivity contribution in [2.45, 2.75) is 24.3 Å². The number of benzene rings is 2. The van der Waals surface area contributed by atoms with E-state index in [1.165, 1.54) is 10.5 Å². The van der Waals surface area contributed by atoms with Crippen LogP contribution in [-0.4, -0.2) is 59.2 Å². The van der Waals surface area contributed by atoms with Crippen LogP contribution in [0.2, 0.25) is 0 Å². The van der Waals surface area contributed by atoms with Crippen molar-refractivity contribution in [3.8, 4) is 22.9 Å². The van der Waals surface area contributed by atoms with Crippen LogP contribution in [0.5, 0.6) is 11.5 Å². The van der Waals surface area contributed by atoms with Gasteiger partial charge in [-0.3, -0.25) is 4.79 Å². The third kappa shape index (κ3) is 4.08. The van der Waals surface area contributed by atoms with Crippen molar-refractivity contribution in [1.29, 1.82) is 0 Å². The molecular formula is C26H26N4O4S. The highest BCUT2D eigenvalue weighted by molar-refractivity contribution is 7.90. The Labute approximate surface area is 207 Å². The zero-order valence-corrected chi connectivity index (χ0v) is 20.6. The molecule has 9 heteroatoms. The van der Waals surface area contributed by atoms with E-state index >= 15 is 0 Å². The Kier molecular flexibility index (Phi) is 5.53. The molecule has 1 atom stereocenters. The van der Waals surface area contributed by atoms with Crippen LogP contribution < -0.4 is 14.4 Å². The second-order valence-corrected chi connectivity index (χ2v) is 10.7. The van der Waals surface area contributed by atoms with Gasteiger partial charge in [-0.25, -0.2) is 9.97 Å². The van der Waals surface area contributed by atoms with Crippen molar-refractivity contribution in [2.75, 3.05) is 38.8 Å². The van der Waals surface area contributed by atoms with Crippen LogP contribution in [0.4, 0.5) is 11.5 Å². The summed E-state index contributed by atoms with van der Waals surface area (Å²) in [7, 11) is 3.42. The number of carbonyl (C=O) groups excluding carboxylic acids is 1. The summed E-state index contributed by atoms with van der Waals surface area (Å²) in [5, 5.41) is 0. The molecule has 3 aromatic rings. The number of rotatable bonds is 5. The first kappa shape index (κ1) is 22.2. The molecule has 0 radical (unpaired) electrons. The number of likely N-dealkylation sites (N-methyl/N-ethyl adjacent to an activating group) is 1. The van der Waals surface area contributed by atoms with E-state index in [1.54, 1.807) is 14.1 Å². The van der Waals surface area contributed by atoms with Crippen LogP contribution in [0.25, 0.3) is 11.4 Å². The standard InChI is InChI=1S/C26H26N4O4S/c1-29(2)24(31)13-34-19-5-3-16-7-9-30(22(16)12-19)26-20-14-35(32)15-21(20)27-25(28-26)18-4-6-23-17(11-18)8-10-33-23/h3-6,11-12H,7-10,13-15H2,1-2H3. The summed E-state index contributed by atoms with van der Waals surface area (Å²) in [6, 6.07) is 12.0. The fourth-order valence-corrected chi connectivity index (χ4v) is 6.03. The molecule has 0 aliphatic carbocycles. The lowest BCUT2D eigenvalue weighted by molar-refractivity contribution is -0.130. The average molecular weight is 491 g/mol. The van der Waals surface area contributed by atoms with Gasteiger partial charge in [0.25, 0.3) is 5.91 Å². The minimum Gasteiger partial charge on any atom is -0.616 e. The number of anilines is 2. The highest BCUT2D eigenvalue weighted by atomic mass is 32.2. The number of amides is 1. The molecule has 0 saturated carbocycles. The molecule has 8 nitrogen and oxygen atoms in total. The fourth-order valence-electron chi connectivity index (χ4n) is 4.77. The normalized spacial score (nSPS) is 17.6. The largest absolute Gasteiger partial charge is 0.616 e. The van der Waals surface area contributed by atoms with Crippen LogP contribution in [0.3, 0.4) is 0 Å². The summed E-state index contributed by atoms with van der Waals surface area (Å²) in [6.45, 7) is 1.45. The SMILES string of the molecule is CN(C)C(=O)COc1ccc2c(c1)N(c1nc(-c3ccc4c(c3)CCO4)nc3c1C[S+]([O-])C3)CC2. The molecule has 0 saturated heterocycles. The third-order valence-corrected chi connectivity index (χ3v) is 7.90. The van der Waals surface area contributed by atoms with E-state index in [0.717, 1.165) is 59.0 Å². The van der Waals surface area contributed by atoms with E-state index in [2.05, 4.69) is 11.0 Å². The molecule has 1 amide bonds. The van der Waals surface area contributed by atoms with Gasteiger partial charge >= 0.3 is 0 Å². The predicted octanol–water partition coefficient (Wildman–Crippen LogP) is 3.00. The number of hydrogen-bond acceptors (Lipinski definition) is 7. The highest BCUT2D eigenvalue weighted by Gasteiger charge is 2.34. The summed E-state index contributed by atoms with van der Waals surface area (Å²) in [5.41, 5.74) is 6.12. The lowest BCUT2D eigenvalue weighted by Crippen LogP contribution is -2.27. The number of ether oxygens (including phenoxy) is 2. The van der Waals surface area contributed by atoms with Crippen LogP contribution in [0, 0.1) is 0 Å². The van der Waals surface area contributed by atoms with Gasteiger partial charge in [0.2, 0.25) is 0 Å². The highest BCUT2D eigenvalue weighted by Crippen LogP contribution is 2.41. The Hall–Kier alpha value is -3.30. The number of hydrogen-bond donors (Lipinski definition) is 0. The van der Waals surface area contributed by atoms with Gasteiger partial charge in [-0.2, -0.15) is 0 Å². The average Bonchev–Trinajstić information content (AvgIpc) is 3.58. The third-order valence-electron chi connectivity index (χ3n) is 6.69. The maximum Gasteiger partial charge on any atom is 0.259 e. The molecular weight excluding hydrogens is 464 g/mol. The predicted molar refractivity (Wildman–Crippen MR) is 134 cm³/mol. The number of fused-ring (bicyclic) bond motifs is 3. The zero-order valence-electron chi connectivity index (χ0n) is 19.7. The van der Waals surface area contributed by atoms with E-state index < -0.39 is 11.2 Å². The minimum atomic E-state index is -0.985. The molecule has 4 heterocycles. The van der Waals surface area contributed by atoms with Crippen LogP contribution in [0.15, 0.2) is 36.4 Å². The van der Waals surface area contributed by atoms with Crippen molar-refractivity contribution < 1.29 is 18.8 Å². The molecule has 3 aliphatic heterocycles. The summed E-state index contributed by atoms with van der Waals surface area (Å²) in [5.74, 6) is 3.83. The summed E-state index contributed by atoms with van der Waals surface area (Å²) in [4.78, 5) is 25.5. The zero-order chi connectivity index (χ0) is 24.1. The Morgan fingerprint density at radius 1 is 1.14 bits per heavy atom. The molecule has 6 rings (SSSR count). The second kappa shape index (κ2) is 8.73. The minimum absolute atomic E-state index is 0.0140. The molecule has 0 N–H and O–H groups in total. The molecule has 180 valence electrons. The Morgan fingerprint density at radius 3 is 2.89 bits per heavy atom. The van der Waals surface area contributed by atoms with Crippen molar-refractivity contribution in [1.82, 2.24) is 14.9 Å². The molecule has 2 aromatic carbocycles. The Bertz CT molecular complexity index is 1330. The van der Waals surface area contributed by atoms with Crippen LogP contribution in [-0.2, 0) is 40.3 Å². The van der Waals surface area contributed by atoms with Gasteiger partial charge in [-0.1, -0.05) is 6.07 Å². The molecule has 35 heavy (non-hydrogen) atoms. The molecule has 0 spiro atoms. The van der Waals surface area contributed by atoms with Gasteiger partial charge in [0.05, 0.1) is 12.2 Å². The van der Waals surface area contributed by atoms with E-state index in [0.29, 0.717) is 29.7 Å². The van der Waals surface area contributed by atoms with Crippen LogP contribution >= 0.6 is 0 Å². The molecule has 1 aromatic heterocycles. The maximum atomic E-state index is 12.5. The van der Waals surface area contributed by atoms with Crippen molar-refractivity contribution in [3.63, 3.8) is 0 Å². The lowest BCUT2D eigenvalue weighted by Gasteiger charge is -2.22. The van der Waals surface area contributed by atoms with Gasteiger partial charge < -0.3 is 23.8 Å². The topological polar surface area (TPSA) is 90.9 Å². The molecule has 0 bridgehead atoms. The number of aromatic nitrogens is 2. The van der Waals surface area contributed by atoms with Crippen LogP contribution in [0.1, 0.15) is 22.4 Å². The maximum absolute atomic E-state index is 12.5. The Balaban J connectivity index is 1.38. The number of nitrogens with zero attached hydrogens (tertiary/aromatic N) is 4. The summed E-state index contributed by atoms with van der Waals surface area (Å²) in [6.07, 6.45) is 1.75. The van der Waals surface area contributed by atoms with Crippen molar-refractivity contribution in [2.24, 2.45) is 0 Å². The monoisotopic (exact) mass is 490 g/mol. The number of carbonyl (C=O) groups is 1. The lowest BCUT2D eigenvalue weighted by atomic mass is 10.1. The fraction of sp³-hybridized carbons (Fsp3) is 0.346. The van der Waals surface area contributed by atoms with E-state index in [9.17, 15) is 9.35 Å². The van der Waals surface area contributed by atoms with E-state index in [1.807, 2.05) is 30.3 Å². The molecule has 0 fully saturated rings. The van der Waals surface area contributed by atoms with Gasteiger partial charge in [-0.15, -0.1) is 0 Å². The van der Waals surface area contributed by atoms with Gasteiger partial charge in [0.15, 0.2) is 12.4 Å². The Morgan fingerprint density at radius 2 is 2.03 bits per heavy atom. The van der Waals surface area contributed by atoms with Crippen molar-refractivity contribution >= 4 is 28.6 Å². The van der Waals surface area contributed by atoms with Gasteiger partial charge in [-0.05, 0) is 53.0 Å². The van der Waals surface area contributed by atoms with E-state index in [-0.39, 0.29) is 12.5 Å². The summed E-state index contributed by atoms with van der Waals surface area (Å²) >= 11 is -0.985. The van der Waals surface area contributed by atoms with Gasteiger partial charge in [0, 0.05) is 44.4 Å². The molecule has 1 unspecified atom stereocenters. The first-order chi connectivity index (χ1) is 17.0. The summed E-state index contributed by atoms with van der Waals surface area (Å²) < 4.78 is 24.0. The first-order valence-electron chi connectivity index (χ1n) is 11.7. The van der Waals surface area contributed by atoms with E-state index in [4.69, 9.17) is 19.4 Å². The first-order valence-corrected chi connectivity index (χ1v) is 13.2. The van der Waals surface area contributed by atoms with Crippen molar-refractivity contribution in [3.05, 3.63) is 58.8 Å². The quantitative estimate of drug-likeness (QED) is 0.508. The smallest absolute Gasteiger partial charge is 0.259 e. The van der Waals surface area contributed by atoms with Gasteiger partial charge in [0.1, 0.15) is 34.5 Å². The molecule has 3 aliphatic rings. The second-order valence-electron chi connectivity index (χ2n) is 9.21.